The first-order valence-electron chi connectivity index (χ1n) is 8.43. The van der Waals surface area contributed by atoms with Crippen LogP contribution in [0.25, 0.3) is 11.0 Å². The predicted octanol–water partition coefficient (Wildman–Crippen LogP) is 2.39. The van der Waals surface area contributed by atoms with Crippen LogP contribution in [0.3, 0.4) is 0 Å². The van der Waals surface area contributed by atoms with Crippen molar-refractivity contribution in [2.75, 3.05) is 5.32 Å². The molecule has 8 heteroatoms. The topological polar surface area (TPSA) is 107 Å². The molecule has 1 atom stereocenters. The van der Waals surface area contributed by atoms with Gasteiger partial charge in [0.25, 0.3) is 5.91 Å². The molecule has 7 nitrogen and oxygen atoms in total. The van der Waals surface area contributed by atoms with E-state index in [0.29, 0.717) is 16.7 Å². The van der Waals surface area contributed by atoms with Crippen LogP contribution in [0.15, 0.2) is 47.3 Å². The number of halogens is 1. The van der Waals surface area contributed by atoms with E-state index in [2.05, 4.69) is 20.6 Å². The number of rotatable bonds is 5. The molecule has 0 aliphatic heterocycles. The third-order valence-corrected chi connectivity index (χ3v) is 4.13. The van der Waals surface area contributed by atoms with E-state index in [9.17, 15) is 18.8 Å². The average Bonchev–Trinajstić information content (AvgIpc) is 2.99. The largest absolute Gasteiger partial charge is 0.340 e. The van der Waals surface area contributed by atoms with Gasteiger partial charge in [0.2, 0.25) is 5.91 Å². The van der Waals surface area contributed by atoms with Crippen molar-refractivity contribution in [2.45, 2.75) is 19.9 Å². The molecule has 0 bridgehead atoms. The highest BCUT2D eigenvalue weighted by molar-refractivity contribution is 6.01. The third-order valence-electron chi connectivity index (χ3n) is 4.13. The Morgan fingerprint density at radius 3 is 2.33 bits per heavy atom. The smallest absolute Gasteiger partial charge is 0.323 e. The number of aromatic amines is 2. The first-order valence-corrected chi connectivity index (χ1v) is 8.43. The fourth-order valence-corrected chi connectivity index (χ4v) is 2.69. The standard InChI is InChI=1S/C19H19FN4O3/c1-10(2)16(24-17(25)11-3-5-12(20)6-4-11)18(26)21-13-7-8-14-15(9-13)23-19(27)22-14/h3-10,16H,1-2H3,(H,21,26)(H,24,25)(H2,22,23,27). The zero-order chi connectivity index (χ0) is 19.6. The van der Waals surface area contributed by atoms with Gasteiger partial charge in [-0.3, -0.25) is 9.59 Å². The van der Waals surface area contributed by atoms with Gasteiger partial charge < -0.3 is 20.6 Å². The zero-order valence-electron chi connectivity index (χ0n) is 14.8. The number of carbonyl (C=O) groups excluding carboxylic acids is 2. The van der Waals surface area contributed by atoms with Crippen LogP contribution in [0.1, 0.15) is 24.2 Å². The number of carbonyl (C=O) groups is 2. The first kappa shape index (κ1) is 18.4. The first-order chi connectivity index (χ1) is 12.8. The molecule has 0 aliphatic rings. The molecule has 0 fully saturated rings. The van der Waals surface area contributed by atoms with Gasteiger partial charge >= 0.3 is 5.69 Å². The lowest BCUT2D eigenvalue weighted by atomic mass is 10.0. The van der Waals surface area contributed by atoms with Crippen LogP contribution in [0.2, 0.25) is 0 Å². The highest BCUT2D eigenvalue weighted by Gasteiger charge is 2.25. The van der Waals surface area contributed by atoms with Gasteiger partial charge in [0, 0.05) is 11.3 Å². The maximum atomic E-state index is 13.0. The molecule has 1 aromatic heterocycles. The van der Waals surface area contributed by atoms with E-state index in [4.69, 9.17) is 0 Å². The molecule has 0 saturated heterocycles. The Labute approximate surface area is 154 Å². The van der Waals surface area contributed by atoms with Crippen molar-refractivity contribution >= 4 is 28.5 Å². The molecule has 2 amide bonds. The van der Waals surface area contributed by atoms with Gasteiger partial charge in [0.1, 0.15) is 11.9 Å². The summed E-state index contributed by atoms with van der Waals surface area (Å²) in [7, 11) is 0. The third kappa shape index (κ3) is 4.22. The molecule has 0 spiro atoms. The predicted molar refractivity (Wildman–Crippen MR) is 100 cm³/mol. The summed E-state index contributed by atoms with van der Waals surface area (Å²) >= 11 is 0. The molecule has 3 aromatic rings. The van der Waals surface area contributed by atoms with E-state index in [1.54, 1.807) is 18.2 Å². The lowest BCUT2D eigenvalue weighted by Crippen LogP contribution is -2.47. The van der Waals surface area contributed by atoms with Crippen molar-refractivity contribution in [2.24, 2.45) is 5.92 Å². The number of fused-ring (bicyclic) bond motifs is 1. The fraction of sp³-hybridized carbons (Fsp3) is 0.211. The van der Waals surface area contributed by atoms with Crippen LogP contribution >= 0.6 is 0 Å². The van der Waals surface area contributed by atoms with Gasteiger partial charge in [-0.1, -0.05) is 13.8 Å². The number of anilines is 1. The molecule has 140 valence electrons. The van der Waals surface area contributed by atoms with Crippen LogP contribution in [0.4, 0.5) is 10.1 Å². The number of aromatic nitrogens is 2. The van der Waals surface area contributed by atoms with E-state index >= 15 is 0 Å². The molecule has 1 heterocycles. The number of hydrogen-bond acceptors (Lipinski definition) is 3. The number of benzene rings is 2. The normalized spacial score (nSPS) is 12.1. The highest BCUT2D eigenvalue weighted by atomic mass is 19.1. The molecule has 2 aromatic carbocycles. The second-order valence-corrected chi connectivity index (χ2v) is 6.53. The highest BCUT2D eigenvalue weighted by Crippen LogP contribution is 2.16. The minimum Gasteiger partial charge on any atom is -0.340 e. The molecule has 27 heavy (non-hydrogen) atoms. The van der Waals surface area contributed by atoms with Crippen LogP contribution in [-0.4, -0.2) is 27.8 Å². The molecule has 0 saturated carbocycles. The van der Waals surface area contributed by atoms with E-state index in [0.717, 1.165) is 0 Å². The Balaban J connectivity index is 1.74. The molecular formula is C19H19FN4O3. The number of H-pyrrole nitrogens is 2. The van der Waals surface area contributed by atoms with Crippen molar-refractivity contribution in [3.05, 3.63) is 64.3 Å². The Bertz CT molecular complexity index is 1040. The Morgan fingerprint density at radius 2 is 1.67 bits per heavy atom. The monoisotopic (exact) mass is 370 g/mol. The molecule has 4 N–H and O–H groups in total. The van der Waals surface area contributed by atoms with Gasteiger partial charge in [-0.25, -0.2) is 9.18 Å². The van der Waals surface area contributed by atoms with E-state index in [1.807, 2.05) is 13.8 Å². The summed E-state index contributed by atoms with van der Waals surface area (Å²) in [5, 5.41) is 5.42. The van der Waals surface area contributed by atoms with Gasteiger partial charge in [0.15, 0.2) is 0 Å². The van der Waals surface area contributed by atoms with Gasteiger partial charge in [-0.2, -0.15) is 0 Å². The number of amides is 2. The second-order valence-electron chi connectivity index (χ2n) is 6.53. The molecule has 1 unspecified atom stereocenters. The van der Waals surface area contributed by atoms with E-state index in [1.165, 1.54) is 24.3 Å². The van der Waals surface area contributed by atoms with E-state index < -0.39 is 23.7 Å². The number of imidazole rings is 1. The number of nitrogens with one attached hydrogen (secondary N) is 4. The Morgan fingerprint density at radius 1 is 1.00 bits per heavy atom. The summed E-state index contributed by atoms with van der Waals surface area (Å²) in [6.07, 6.45) is 0. The minimum atomic E-state index is -0.788. The summed E-state index contributed by atoms with van der Waals surface area (Å²) in [5.41, 5.74) is 1.61. The molecule has 0 radical (unpaired) electrons. The zero-order valence-corrected chi connectivity index (χ0v) is 14.8. The maximum Gasteiger partial charge on any atom is 0.323 e. The van der Waals surface area contributed by atoms with Crippen LogP contribution in [0, 0.1) is 11.7 Å². The lowest BCUT2D eigenvalue weighted by molar-refractivity contribution is -0.118. The lowest BCUT2D eigenvalue weighted by Gasteiger charge is -2.21. The quantitative estimate of drug-likeness (QED) is 0.554. The van der Waals surface area contributed by atoms with Gasteiger partial charge in [-0.05, 0) is 48.4 Å². The SMILES string of the molecule is CC(C)C(NC(=O)c1ccc(F)cc1)C(=O)Nc1ccc2[nH]c(=O)[nH]c2c1. The Hall–Kier alpha value is -3.42. The van der Waals surface area contributed by atoms with Crippen molar-refractivity contribution in [3.63, 3.8) is 0 Å². The molecule has 0 aliphatic carbocycles. The summed E-state index contributed by atoms with van der Waals surface area (Å²) < 4.78 is 13.0. The van der Waals surface area contributed by atoms with Crippen molar-refractivity contribution in [1.82, 2.24) is 15.3 Å². The number of hydrogen-bond donors (Lipinski definition) is 4. The molecular weight excluding hydrogens is 351 g/mol. The summed E-state index contributed by atoms with van der Waals surface area (Å²) in [4.78, 5) is 41.6. The summed E-state index contributed by atoms with van der Waals surface area (Å²) in [6, 6.07) is 9.26. The van der Waals surface area contributed by atoms with Gasteiger partial charge in [-0.15, -0.1) is 0 Å². The van der Waals surface area contributed by atoms with Crippen molar-refractivity contribution < 1.29 is 14.0 Å². The van der Waals surface area contributed by atoms with Crippen LogP contribution < -0.4 is 16.3 Å². The second kappa shape index (κ2) is 7.45. The minimum absolute atomic E-state index is 0.176. The summed E-state index contributed by atoms with van der Waals surface area (Å²) in [6.45, 7) is 3.62. The van der Waals surface area contributed by atoms with Gasteiger partial charge in [0.05, 0.1) is 11.0 Å². The average molecular weight is 370 g/mol. The molecule has 3 rings (SSSR count). The van der Waals surface area contributed by atoms with Crippen LogP contribution in [0.5, 0.6) is 0 Å². The summed E-state index contributed by atoms with van der Waals surface area (Å²) in [5.74, 6) is -1.47. The van der Waals surface area contributed by atoms with E-state index in [-0.39, 0.29) is 17.2 Å². The maximum absolute atomic E-state index is 13.0. The Kier molecular flexibility index (Phi) is 5.07. The fourth-order valence-electron chi connectivity index (χ4n) is 2.69. The van der Waals surface area contributed by atoms with Crippen molar-refractivity contribution in [3.8, 4) is 0 Å². The van der Waals surface area contributed by atoms with Crippen molar-refractivity contribution in [1.29, 1.82) is 0 Å². The van der Waals surface area contributed by atoms with Crippen LogP contribution in [-0.2, 0) is 4.79 Å².